The average Bonchev–Trinajstić information content (AvgIpc) is 2.93. The largest absolute Gasteiger partial charge is 0.505 e. The number of nitrogens with zero attached hydrogens (tertiary/aromatic N) is 6. The van der Waals surface area contributed by atoms with Gasteiger partial charge in [-0.25, -0.2) is 0 Å². The molecule has 0 amide bonds. The van der Waals surface area contributed by atoms with Gasteiger partial charge in [0.25, 0.3) is 30.4 Å². The summed E-state index contributed by atoms with van der Waals surface area (Å²) >= 11 is 5.85. The number of phenols is 1. The molecule has 1 aromatic heterocycles. The summed E-state index contributed by atoms with van der Waals surface area (Å²) in [6.07, 6.45) is 0. The summed E-state index contributed by atoms with van der Waals surface area (Å²) < 4.78 is 103. The molecule has 3 radical (unpaired) electrons. The number of anilines is 3. The second kappa shape index (κ2) is 15.8. The molecule has 6 N–H and O–H groups in total. The molecule has 237 valence electrons. The fourth-order valence-corrected chi connectivity index (χ4v) is 6.78. The predicted molar refractivity (Wildman–Crippen MR) is 178 cm³/mol. The number of benzene rings is 4. The van der Waals surface area contributed by atoms with Gasteiger partial charge in [0.15, 0.2) is 5.75 Å². The molecule has 5 aromatic rings. The van der Waals surface area contributed by atoms with Gasteiger partial charge in [-0.3, -0.25) is 13.7 Å². The Bertz CT molecular complexity index is 2420. The molecule has 24 heteroatoms. The van der Waals surface area contributed by atoms with Crippen LogP contribution in [0.3, 0.4) is 0 Å². The molecule has 0 saturated carbocycles. The van der Waals surface area contributed by atoms with Gasteiger partial charge in [-0.1, -0.05) is 18.2 Å². The molecular formula is C24H18ClN7Na3O10S3. The number of aromatic hydroxyl groups is 1. The van der Waals surface area contributed by atoms with Gasteiger partial charge in [-0.05, 0) is 53.4 Å². The van der Waals surface area contributed by atoms with Crippen molar-refractivity contribution in [2.45, 2.75) is 14.7 Å². The second-order valence-corrected chi connectivity index (χ2v) is 13.7. The molecule has 0 fully saturated rings. The molecule has 0 aliphatic heterocycles. The first-order chi connectivity index (χ1) is 20.9. The van der Waals surface area contributed by atoms with Gasteiger partial charge < -0.3 is 15.7 Å². The topological polar surface area (TPSA) is 276 Å². The smallest absolute Gasteiger partial charge is 0.297 e. The van der Waals surface area contributed by atoms with E-state index in [0.717, 1.165) is 36.4 Å². The van der Waals surface area contributed by atoms with E-state index in [1.807, 2.05) is 0 Å². The number of nitrogens with two attached hydrogens (primary N) is 1. The Morgan fingerprint density at radius 3 is 1.96 bits per heavy atom. The molecule has 4 aromatic carbocycles. The van der Waals surface area contributed by atoms with E-state index in [9.17, 15) is 44.0 Å². The molecular weight excluding hydrogens is 747 g/mol. The minimum atomic E-state index is -5.15. The first kappa shape index (κ1) is 42.6. The van der Waals surface area contributed by atoms with E-state index < -0.39 is 62.2 Å². The molecule has 17 nitrogen and oxygen atoms in total. The minimum Gasteiger partial charge on any atom is -0.505 e. The van der Waals surface area contributed by atoms with E-state index in [4.69, 9.17) is 17.3 Å². The molecule has 5 rings (SSSR count). The number of azo groups is 1. The Morgan fingerprint density at radius 1 is 0.750 bits per heavy atom. The summed E-state index contributed by atoms with van der Waals surface area (Å²) in [5.74, 6) is -0.917. The number of hydrogen-bond donors (Lipinski definition) is 5. The Labute approximate surface area is 344 Å². The SMILES string of the molecule is CN(c1ccc2c(O)c(N=Nc3ccc4c(S(=O)(=O)O)cccc4c3S(=O)(=O)O)c(S(=O)(=O)O)cc2c1)c1nc(N)nc(Cl)n1.[Na].[Na].[Na]. The van der Waals surface area contributed by atoms with Crippen LogP contribution < -0.4 is 10.6 Å². The number of aromatic nitrogens is 3. The zero-order valence-corrected chi connectivity index (χ0v) is 34.5. The van der Waals surface area contributed by atoms with E-state index in [0.29, 0.717) is 5.69 Å². The summed E-state index contributed by atoms with van der Waals surface area (Å²) in [4.78, 5) is 10.5. The molecule has 0 bridgehead atoms. The molecule has 0 spiro atoms. The molecule has 0 atom stereocenters. The van der Waals surface area contributed by atoms with Crippen LogP contribution in [0.25, 0.3) is 21.5 Å². The van der Waals surface area contributed by atoms with Crippen LogP contribution in [0.2, 0.25) is 5.28 Å². The average molecular weight is 765 g/mol. The van der Waals surface area contributed by atoms with Crippen molar-refractivity contribution in [3.8, 4) is 5.75 Å². The molecule has 0 saturated heterocycles. The third kappa shape index (κ3) is 8.83. The van der Waals surface area contributed by atoms with Crippen molar-refractivity contribution < 1.29 is 44.0 Å². The van der Waals surface area contributed by atoms with Crippen LogP contribution in [0, 0.1) is 0 Å². The van der Waals surface area contributed by atoms with Crippen molar-refractivity contribution in [3.63, 3.8) is 0 Å². The van der Waals surface area contributed by atoms with Gasteiger partial charge in [-0.15, -0.1) is 10.2 Å². The van der Waals surface area contributed by atoms with Crippen molar-refractivity contribution >= 4 is 181 Å². The first-order valence-corrected chi connectivity index (χ1v) is 16.7. The van der Waals surface area contributed by atoms with Gasteiger partial charge in [-0.2, -0.15) is 40.2 Å². The Morgan fingerprint density at radius 2 is 1.38 bits per heavy atom. The van der Waals surface area contributed by atoms with Crippen LogP contribution >= 0.6 is 11.6 Å². The maximum Gasteiger partial charge on any atom is 0.297 e. The Kier molecular flexibility index (Phi) is 14.0. The normalized spacial score (nSPS) is 11.9. The van der Waals surface area contributed by atoms with E-state index in [-0.39, 0.29) is 127 Å². The fraction of sp³-hybridized carbons (Fsp3) is 0.0417. The molecule has 0 aliphatic carbocycles. The van der Waals surface area contributed by atoms with E-state index in [2.05, 4.69) is 25.2 Å². The van der Waals surface area contributed by atoms with Crippen molar-refractivity contribution in [2.75, 3.05) is 17.7 Å². The van der Waals surface area contributed by atoms with Gasteiger partial charge in [0.1, 0.15) is 26.1 Å². The van der Waals surface area contributed by atoms with Crippen LogP contribution in [0.4, 0.5) is 29.0 Å². The third-order valence-electron chi connectivity index (χ3n) is 6.36. The van der Waals surface area contributed by atoms with Crippen molar-refractivity contribution in [1.82, 2.24) is 15.0 Å². The molecule has 48 heavy (non-hydrogen) atoms. The van der Waals surface area contributed by atoms with Gasteiger partial charge in [0.2, 0.25) is 17.2 Å². The zero-order valence-electron chi connectivity index (χ0n) is 25.3. The van der Waals surface area contributed by atoms with Crippen LogP contribution in [0.5, 0.6) is 5.75 Å². The summed E-state index contributed by atoms with van der Waals surface area (Å²) in [6, 6.07) is 10.4. The second-order valence-electron chi connectivity index (χ2n) is 9.19. The van der Waals surface area contributed by atoms with Crippen molar-refractivity contribution in [1.29, 1.82) is 0 Å². The quantitative estimate of drug-likeness (QED) is 0.0905. The van der Waals surface area contributed by atoms with E-state index >= 15 is 0 Å². The first-order valence-electron chi connectivity index (χ1n) is 12.0. The fourth-order valence-electron chi connectivity index (χ4n) is 4.43. The number of hydrogen-bond acceptors (Lipinski definition) is 14. The van der Waals surface area contributed by atoms with Crippen molar-refractivity contribution in [2.24, 2.45) is 10.2 Å². The van der Waals surface area contributed by atoms with Crippen LogP contribution in [0.1, 0.15) is 0 Å². The van der Waals surface area contributed by atoms with Crippen LogP contribution in [-0.2, 0) is 30.4 Å². The standard InChI is InChI=1S/C24H18ClN7O10S3.3Na/c1-32(24-28-22(25)27-23(26)29-24)12-5-6-13-11(9-12)10-18(44(37,38)39)19(20(13)33)31-30-16-8-7-14-15(21(16)45(40,41)42)3-2-4-17(14)43(34,35)36;;;/h2-10,33H,1H3,(H,34,35,36)(H,37,38,39)(H,40,41,42)(H2,26,27,28,29);;;. The number of rotatable bonds is 7. The molecule has 0 unspecified atom stereocenters. The predicted octanol–water partition coefficient (Wildman–Crippen LogP) is 2.90. The van der Waals surface area contributed by atoms with E-state index in [1.54, 1.807) is 0 Å². The third-order valence-corrected chi connectivity index (χ3v) is 9.25. The van der Waals surface area contributed by atoms with Crippen LogP contribution in [-0.4, -0.2) is 155 Å². The number of halogens is 1. The summed E-state index contributed by atoms with van der Waals surface area (Å²) in [5, 5.41) is 17.7. The zero-order chi connectivity index (χ0) is 33.1. The molecule has 0 aliphatic rings. The monoisotopic (exact) mass is 764 g/mol. The number of fused-ring (bicyclic) bond motifs is 2. The summed E-state index contributed by atoms with van der Waals surface area (Å²) in [5.41, 5.74) is 4.58. The molecule has 1 heterocycles. The van der Waals surface area contributed by atoms with E-state index in [1.165, 1.54) is 30.1 Å². The van der Waals surface area contributed by atoms with Gasteiger partial charge >= 0.3 is 0 Å². The maximum atomic E-state index is 12.4. The Hall–Kier alpha value is -1.57. The minimum absolute atomic E-state index is 0. The van der Waals surface area contributed by atoms with Crippen LogP contribution in [0.15, 0.2) is 79.5 Å². The maximum absolute atomic E-state index is 12.4. The number of nitrogen functional groups attached to an aromatic ring is 1. The van der Waals surface area contributed by atoms with Crippen molar-refractivity contribution in [3.05, 3.63) is 59.9 Å². The van der Waals surface area contributed by atoms with Gasteiger partial charge in [0.05, 0.1) is 0 Å². The summed E-state index contributed by atoms with van der Waals surface area (Å²) in [6.45, 7) is 0. The van der Waals surface area contributed by atoms with Gasteiger partial charge in [0, 0.05) is 118 Å². The number of phenolic OH excluding ortho intramolecular Hbond substituents is 1. The summed E-state index contributed by atoms with van der Waals surface area (Å²) in [7, 11) is -13.5. The Balaban J connectivity index is 0.00000267.